The fourth-order valence-electron chi connectivity index (χ4n) is 2.46. The Morgan fingerprint density at radius 2 is 2.19 bits per heavy atom. The van der Waals surface area contributed by atoms with Crippen molar-refractivity contribution in [1.82, 2.24) is 10.2 Å². The smallest absolute Gasteiger partial charge is 0.320 e. The molecule has 1 unspecified atom stereocenters. The Kier molecular flexibility index (Phi) is 5.10. The topological polar surface area (TPSA) is 87.5 Å². The van der Waals surface area contributed by atoms with Crippen molar-refractivity contribution in [2.75, 3.05) is 25.0 Å². The molecule has 2 amide bonds. The van der Waals surface area contributed by atoms with Crippen molar-refractivity contribution >= 4 is 17.4 Å². The van der Waals surface area contributed by atoms with E-state index in [1.54, 1.807) is 12.1 Å². The number of nitrogens with zero attached hydrogens (tertiary/aromatic N) is 2. The van der Waals surface area contributed by atoms with Crippen molar-refractivity contribution in [1.29, 1.82) is 0 Å². The minimum Gasteiger partial charge on any atom is -0.320 e. The molecule has 1 saturated heterocycles. The Balaban J connectivity index is 2.01. The van der Waals surface area contributed by atoms with Gasteiger partial charge in [0.2, 0.25) is 0 Å². The summed E-state index contributed by atoms with van der Waals surface area (Å²) in [6, 6.07) is 5.93. The minimum atomic E-state index is -0.459. The first-order chi connectivity index (χ1) is 10.1. The van der Waals surface area contributed by atoms with Crippen molar-refractivity contribution in [3.63, 3.8) is 0 Å². The molecule has 7 nitrogen and oxygen atoms in total. The van der Waals surface area contributed by atoms with Crippen LogP contribution in [0, 0.1) is 10.1 Å². The van der Waals surface area contributed by atoms with Crippen molar-refractivity contribution < 1.29 is 9.72 Å². The van der Waals surface area contributed by atoms with Gasteiger partial charge in [-0.3, -0.25) is 10.1 Å². The van der Waals surface area contributed by atoms with E-state index in [2.05, 4.69) is 10.6 Å². The maximum absolute atomic E-state index is 12.4. The third-order valence-electron chi connectivity index (χ3n) is 3.53. The fraction of sp³-hybridized carbons (Fsp3) is 0.500. The van der Waals surface area contributed by atoms with Gasteiger partial charge in [0.1, 0.15) is 0 Å². The van der Waals surface area contributed by atoms with E-state index in [0.717, 1.165) is 25.9 Å². The highest BCUT2D eigenvalue weighted by Gasteiger charge is 2.25. The summed E-state index contributed by atoms with van der Waals surface area (Å²) < 4.78 is 0. The molecule has 114 valence electrons. The maximum Gasteiger partial charge on any atom is 0.322 e. The summed E-state index contributed by atoms with van der Waals surface area (Å²) in [5.74, 6) is 0. The van der Waals surface area contributed by atoms with E-state index in [1.165, 1.54) is 12.1 Å². The van der Waals surface area contributed by atoms with Crippen LogP contribution in [0.4, 0.5) is 16.2 Å². The number of nitrogens with one attached hydrogen (secondary N) is 2. The van der Waals surface area contributed by atoms with Crippen LogP contribution in [0.15, 0.2) is 24.3 Å². The molecule has 1 aliphatic heterocycles. The molecule has 0 spiro atoms. The number of rotatable bonds is 5. The van der Waals surface area contributed by atoms with Crippen LogP contribution < -0.4 is 10.6 Å². The van der Waals surface area contributed by atoms with Gasteiger partial charge < -0.3 is 15.5 Å². The Labute approximate surface area is 123 Å². The monoisotopic (exact) mass is 292 g/mol. The number of nitro benzene ring substituents is 1. The van der Waals surface area contributed by atoms with Crippen LogP contribution in [0.25, 0.3) is 0 Å². The molecular weight excluding hydrogens is 272 g/mol. The van der Waals surface area contributed by atoms with Gasteiger partial charge in [-0.2, -0.15) is 0 Å². The van der Waals surface area contributed by atoms with Crippen molar-refractivity contribution in [3.8, 4) is 0 Å². The van der Waals surface area contributed by atoms with Crippen LogP contribution in [0.2, 0.25) is 0 Å². The molecule has 1 aliphatic rings. The van der Waals surface area contributed by atoms with Crippen molar-refractivity contribution in [2.24, 2.45) is 0 Å². The molecule has 7 heteroatoms. The van der Waals surface area contributed by atoms with E-state index in [4.69, 9.17) is 0 Å². The van der Waals surface area contributed by atoms with E-state index in [0.29, 0.717) is 12.2 Å². The summed E-state index contributed by atoms with van der Waals surface area (Å²) in [7, 11) is 0. The summed E-state index contributed by atoms with van der Waals surface area (Å²) in [6.07, 6.45) is 1.85. The van der Waals surface area contributed by atoms with Crippen LogP contribution in [-0.2, 0) is 0 Å². The molecule has 2 rings (SSSR count). The van der Waals surface area contributed by atoms with Gasteiger partial charge in [-0.05, 0) is 31.5 Å². The molecule has 0 radical (unpaired) electrons. The van der Waals surface area contributed by atoms with E-state index in [9.17, 15) is 14.9 Å². The Hall–Kier alpha value is -2.15. The second-order valence-corrected chi connectivity index (χ2v) is 5.07. The summed E-state index contributed by atoms with van der Waals surface area (Å²) in [5, 5.41) is 16.7. The van der Waals surface area contributed by atoms with Gasteiger partial charge in [0.05, 0.1) is 4.92 Å². The van der Waals surface area contributed by atoms with Gasteiger partial charge in [0.25, 0.3) is 5.69 Å². The number of carbonyl (C=O) groups excluding carboxylic acids is 1. The van der Waals surface area contributed by atoms with Gasteiger partial charge in [-0.25, -0.2) is 4.79 Å². The SMILES string of the molecule is CCCN(C(=O)Nc1ccc([N+](=O)[O-])cc1)C1CCNC1. The van der Waals surface area contributed by atoms with E-state index < -0.39 is 4.92 Å². The predicted octanol–water partition coefficient (Wildman–Crippen LogP) is 2.20. The molecule has 0 bridgehead atoms. The van der Waals surface area contributed by atoms with Gasteiger partial charge >= 0.3 is 6.03 Å². The van der Waals surface area contributed by atoms with Gasteiger partial charge in [-0.15, -0.1) is 0 Å². The molecule has 0 aliphatic carbocycles. The molecular formula is C14H20N4O3. The van der Waals surface area contributed by atoms with E-state index in [1.807, 2.05) is 11.8 Å². The van der Waals surface area contributed by atoms with Crippen molar-refractivity contribution in [2.45, 2.75) is 25.8 Å². The molecule has 1 heterocycles. The van der Waals surface area contributed by atoms with Crippen LogP contribution >= 0.6 is 0 Å². The second kappa shape index (κ2) is 7.03. The molecule has 1 aromatic carbocycles. The summed E-state index contributed by atoms with van der Waals surface area (Å²) in [5.41, 5.74) is 0.580. The lowest BCUT2D eigenvalue weighted by Crippen LogP contribution is -2.44. The fourth-order valence-corrected chi connectivity index (χ4v) is 2.46. The summed E-state index contributed by atoms with van der Waals surface area (Å²) >= 11 is 0. The van der Waals surface area contributed by atoms with Crippen LogP contribution in [0.3, 0.4) is 0 Å². The number of carbonyl (C=O) groups is 1. The normalized spacial score (nSPS) is 17.5. The zero-order valence-electron chi connectivity index (χ0n) is 12.0. The largest absolute Gasteiger partial charge is 0.322 e. The number of amides is 2. The number of hydrogen-bond donors (Lipinski definition) is 2. The first kappa shape index (κ1) is 15.2. The number of hydrogen-bond acceptors (Lipinski definition) is 4. The Bertz CT molecular complexity index is 497. The first-order valence-corrected chi connectivity index (χ1v) is 7.14. The number of nitro groups is 1. The Morgan fingerprint density at radius 1 is 1.48 bits per heavy atom. The lowest BCUT2D eigenvalue weighted by Gasteiger charge is -2.28. The number of benzene rings is 1. The minimum absolute atomic E-state index is 0.0124. The number of urea groups is 1. The standard InChI is InChI=1S/C14H20N4O3/c1-2-9-17(13-7-8-15-10-13)14(19)16-11-3-5-12(6-4-11)18(20)21/h3-6,13,15H,2,7-10H2,1H3,(H,16,19). The van der Waals surface area contributed by atoms with E-state index in [-0.39, 0.29) is 17.8 Å². The third kappa shape index (κ3) is 3.91. The average molecular weight is 292 g/mol. The van der Waals surface area contributed by atoms with Crippen LogP contribution in [-0.4, -0.2) is 41.5 Å². The van der Waals surface area contributed by atoms with Gasteiger partial charge in [0.15, 0.2) is 0 Å². The van der Waals surface area contributed by atoms with Crippen LogP contribution in [0.1, 0.15) is 19.8 Å². The highest BCUT2D eigenvalue weighted by Crippen LogP contribution is 2.17. The first-order valence-electron chi connectivity index (χ1n) is 7.14. The lowest BCUT2D eigenvalue weighted by atomic mass is 10.2. The highest BCUT2D eigenvalue weighted by molar-refractivity contribution is 5.89. The molecule has 21 heavy (non-hydrogen) atoms. The predicted molar refractivity (Wildman–Crippen MR) is 80.4 cm³/mol. The van der Waals surface area contributed by atoms with Crippen molar-refractivity contribution in [3.05, 3.63) is 34.4 Å². The zero-order valence-corrected chi connectivity index (χ0v) is 12.0. The summed E-state index contributed by atoms with van der Waals surface area (Å²) in [4.78, 5) is 24.3. The van der Waals surface area contributed by atoms with Gasteiger partial charge in [-0.1, -0.05) is 6.92 Å². The molecule has 0 aromatic heterocycles. The maximum atomic E-state index is 12.4. The van der Waals surface area contributed by atoms with Gasteiger partial charge in [0, 0.05) is 37.0 Å². The molecule has 1 atom stereocenters. The number of anilines is 1. The second-order valence-electron chi connectivity index (χ2n) is 5.07. The number of non-ortho nitro benzene ring substituents is 1. The zero-order chi connectivity index (χ0) is 15.2. The molecule has 1 fully saturated rings. The highest BCUT2D eigenvalue weighted by atomic mass is 16.6. The van der Waals surface area contributed by atoms with E-state index >= 15 is 0 Å². The molecule has 2 N–H and O–H groups in total. The van der Waals surface area contributed by atoms with Crippen LogP contribution in [0.5, 0.6) is 0 Å². The average Bonchev–Trinajstić information content (AvgIpc) is 2.99. The molecule has 0 saturated carbocycles. The lowest BCUT2D eigenvalue weighted by molar-refractivity contribution is -0.384. The Morgan fingerprint density at radius 3 is 2.71 bits per heavy atom. The summed E-state index contributed by atoms with van der Waals surface area (Å²) in [6.45, 7) is 4.48. The quantitative estimate of drug-likeness (QED) is 0.643. The third-order valence-corrected chi connectivity index (χ3v) is 3.53. The molecule has 1 aromatic rings.